The number of guanidine groups is 1. The van der Waals surface area contributed by atoms with Gasteiger partial charge in [0.25, 0.3) is 0 Å². The van der Waals surface area contributed by atoms with Crippen molar-refractivity contribution in [2.24, 2.45) is 4.99 Å². The van der Waals surface area contributed by atoms with Gasteiger partial charge in [-0.1, -0.05) is 12.1 Å². The summed E-state index contributed by atoms with van der Waals surface area (Å²) in [5, 5.41) is 16.8. The van der Waals surface area contributed by atoms with Crippen LogP contribution in [-0.2, 0) is 9.47 Å². The summed E-state index contributed by atoms with van der Waals surface area (Å²) in [5.41, 5.74) is 0.788. The molecular formula is C19H32IN3O4. The van der Waals surface area contributed by atoms with Crippen LogP contribution in [0, 0.1) is 0 Å². The number of aliphatic hydroxyl groups is 1. The van der Waals surface area contributed by atoms with Crippen molar-refractivity contribution >= 4 is 29.9 Å². The molecule has 0 aromatic heterocycles. The Labute approximate surface area is 178 Å². The molecule has 27 heavy (non-hydrogen) atoms. The van der Waals surface area contributed by atoms with Gasteiger partial charge in [0.2, 0.25) is 0 Å². The highest BCUT2D eigenvalue weighted by Crippen LogP contribution is 2.19. The number of aliphatic hydroxyl groups excluding tert-OH is 1. The Morgan fingerprint density at radius 1 is 1.41 bits per heavy atom. The number of hydrogen-bond acceptors (Lipinski definition) is 5. The minimum absolute atomic E-state index is 0. The highest BCUT2D eigenvalue weighted by Gasteiger charge is 2.15. The summed E-state index contributed by atoms with van der Waals surface area (Å²) in [7, 11) is 1.61. The molecular weight excluding hydrogens is 461 g/mol. The Balaban J connectivity index is 0.00000364. The molecule has 0 aliphatic carbocycles. The fraction of sp³-hybridized carbons (Fsp3) is 0.632. The van der Waals surface area contributed by atoms with Gasteiger partial charge in [0.05, 0.1) is 32.5 Å². The van der Waals surface area contributed by atoms with Gasteiger partial charge in [-0.15, -0.1) is 24.0 Å². The molecule has 0 radical (unpaired) electrons. The first-order chi connectivity index (χ1) is 12.7. The van der Waals surface area contributed by atoms with E-state index in [-0.39, 0.29) is 36.6 Å². The molecule has 2 unspecified atom stereocenters. The first-order valence-electron chi connectivity index (χ1n) is 9.26. The Kier molecular flexibility index (Phi) is 12.4. The van der Waals surface area contributed by atoms with Crippen LogP contribution in [0.4, 0.5) is 0 Å². The summed E-state index contributed by atoms with van der Waals surface area (Å²) in [5.74, 6) is 1.42. The number of benzene rings is 1. The summed E-state index contributed by atoms with van der Waals surface area (Å²) in [6, 6.07) is 7.41. The standard InChI is InChI=1S/C19H31N3O4.HI/c1-3-20-19(21-9-5-10-26-17-8-11-25-14-17)22-13-18(23)15-6-4-7-16(12-15)24-2;/h4,6-7,12,17-18,23H,3,5,8-11,13-14H2,1-2H3,(H2,20,21,22);1H. The van der Waals surface area contributed by atoms with Gasteiger partial charge in [0.15, 0.2) is 5.96 Å². The summed E-state index contributed by atoms with van der Waals surface area (Å²) < 4.78 is 16.2. The first kappa shape index (κ1) is 23.9. The third kappa shape index (κ3) is 9.09. The van der Waals surface area contributed by atoms with E-state index in [1.807, 2.05) is 31.2 Å². The Hall–Kier alpha value is -1.10. The lowest BCUT2D eigenvalue weighted by Gasteiger charge is -2.14. The molecule has 1 aromatic rings. The monoisotopic (exact) mass is 493 g/mol. The third-order valence-electron chi connectivity index (χ3n) is 4.10. The van der Waals surface area contributed by atoms with Gasteiger partial charge < -0.3 is 30.0 Å². The molecule has 2 rings (SSSR count). The van der Waals surface area contributed by atoms with E-state index < -0.39 is 6.10 Å². The molecule has 3 N–H and O–H groups in total. The van der Waals surface area contributed by atoms with Gasteiger partial charge in [-0.25, -0.2) is 0 Å². The van der Waals surface area contributed by atoms with Crippen molar-refractivity contribution in [3.63, 3.8) is 0 Å². The molecule has 0 bridgehead atoms. The zero-order valence-corrected chi connectivity index (χ0v) is 18.5. The molecule has 1 aliphatic heterocycles. The van der Waals surface area contributed by atoms with E-state index in [0.29, 0.717) is 19.2 Å². The Bertz CT molecular complexity index is 554. The lowest BCUT2D eigenvalue weighted by Crippen LogP contribution is -2.38. The average molecular weight is 493 g/mol. The van der Waals surface area contributed by atoms with Gasteiger partial charge >= 0.3 is 0 Å². The van der Waals surface area contributed by atoms with E-state index in [4.69, 9.17) is 14.2 Å². The first-order valence-corrected chi connectivity index (χ1v) is 9.26. The average Bonchev–Trinajstić information content (AvgIpc) is 3.19. The number of nitrogens with zero attached hydrogens (tertiary/aromatic N) is 1. The molecule has 8 heteroatoms. The zero-order chi connectivity index (χ0) is 18.6. The van der Waals surface area contributed by atoms with E-state index in [1.54, 1.807) is 7.11 Å². The number of hydrogen-bond donors (Lipinski definition) is 3. The maximum Gasteiger partial charge on any atom is 0.191 e. The van der Waals surface area contributed by atoms with E-state index in [1.165, 1.54) is 0 Å². The van der Waals surface area contributed by atoms with E-state index in [0.717, 1.165) is 43.9 Å². The molecule has 0 amide bonds. The minimum Gasteiger partial charge on any atom is -0.497 e. The van der Waals surface area contributed by atoms with Gasteiger partial charge in [0, 0.05) is 26.3 Å². The lowest BCUT2D eigenvalue weighted by molar-refractivity contribution is 0.0420. The summed E-state index contributed by atoms with van der Waals surface area (Å²) in [4.78, 5) is 4.46. The van der Waals surface area contributed by atoms with Gasteiger partial charge in [-0.2, -0.15) is 0 Å². The van der Waals surface area contributed by atoms with Gasteiger partial charge in [-0.05, 0) is 37.5 Å². The second kappa shape index (κ2) is 14.0. The molecule has 1 fully saturated rings. The number of rotatable bonds is 10. The SMILES string of the molecule is CCNC(=NCC(O)c1cccc(OC)c1)NCCCOC1CCOC1.I. The van der Waals surface area contributed by atoms with Crippen LogP contribution in [0.5, 0.6) is 5.75 Å². The van der Waals surface area contributed by atoms with Crippen LogP contribution in [0.15, 0.2) is 29.3 Å². The normalized spacial score (nSPS) is 17.9. The molecule has 1 heterocycles. The highest BCUT2D eigenvalue weighted by atomic mass is 127. The van der Waals surface area contributed by atoms with Crippen LogP contribution < -0.4 is 15.4 Å². The van der Waals surface area contributed by atoms with Crippen molar-refractivity contribution in [3.8, 4) is 5.75 Å². The van der Waals surface area contributed by atoms with Crippen LogP contribution in [0.2, 0.25) is 0 Å². The molecule has 1 aromatic carbocycles. The van der Waals surface area contributed by atoms with Gasteiger partial charge in [-0.3, -0.25) is 4.99 Å². The second-order valence-electron chi connectivity index (χ2n) is 6.15. The maximum atomic E-state index is 10.3. The quantitative estimate of drug-likeness (QED) is 0.201. The van der Waals surface area contributed by atoms with Gasteiger partial charge in [0.1, 0.15) is 5.75 Å². The van der Waals surface area contributed by atoms with E-state index in [9.17, 15) is 5.11 Å². The molecule has 1 saturated heterocycles. The fourth-order valence-electron chi connectivity index (χ4n) is 2.65. The smallest absolute Gasteiger partial charge is 0.191 e. The van der Waals surface area contributed by atoms with Crippen molar-refractivity contribution in [2.45, 2.75) is 32.0 Å². The molecule has 0 saturated carbocycles. The van der Waals surface area contributed by atoms with Crippen molar-refractivity contribution < 1.29 is 19.3 Å². The van der Waals surface area contributed by atoms with Crippen molar-refractivity contribution in [2.75, 3.05) is 46.6 Å². The predicted octanol–water partition coefficient (Wildman–Crippen LogP) is 2.10. The van der Waals surface area contributed by atoms with Crippen LogP contribution in [0.25, 0.3) is 0 Å². The molecule has 7 nitrogen and oxygen atoms in total. The van der Waals surface area contributed by atoms with Crippen LogP contribution in [-0.4, -0.2) is 63.7 Å². The number of ether oxygens (including phenoxy) is 3. The number of methoxy groups -OCH3 is 1. The molecule has 2 atom stereocenters. The van der Waals surface area contributed by atoms with E-state index >= 15 is 0 Å². The van der Waals surface area contributed by atoms with Crippen molar-refractivity contribution in [3.05, 3.63) is 29.8 Å². The van der Waals surface area contributed by atoms with Crippen molar-refractivity contribution in [1.82, 2.24) is 10.6 Å². The van der Waals surface area contributed by atoms with Crippen LogP contribution >= 0.6 is 24.0 Å². The highest BCUT2D eigenvalue weighted by molar-refractivity contribution is 14.0. The van der Waals surface area contributed by atoms with E-state index in [2.05, 4.69) is 15.6 Å². The van der Waals surface area contributed by atoms with Crippen LogP contribution in [0.3, 0.4) is 0 Å². The number of nitrogens with one attached hydrogen (secondary N) is 2. The van der Waals surface area contributed by atoms with Crippen molar-refractivity contribution in [1.29, 1.82) is 0 Å². The molecule has 154 valence electrons. The topological polar surface area (TPSA) is 84.3 Å². The van der Waals surface area contributed by atoms with Crippen LogP contribution in [0.1, 0.15) is 31.4 Å². The Morgan fingerprint density at radius 2 is 2.26 bits per heavy atom. The second-order valence-corrected chi connectivity index (χ2v) is 6.15. The number of halogens is 1. The summed E-state index contributed by atoms with van der Waals surface area (Å²) in [6.45, 7) is 6.02. The lowest BCUT2D eigenvalue weighted by atomic mass is 10.1. The maximum absolute atomic E-state index is 10.3. The fourth-order valence-corrected chi connectivity index (χ4v) is 2.65. The Morgan fingerprint density at radius 3 is 2.96 bits per heavy atom. The largest absolute Gasteiger partial charge is 0.497 e. The predicted molar refractivity (Wildman–Crippen MR) is 117 cm³/mol. The zero-order valence-electron chi connectivity index (χ0n) is 16.1. The minimum atomic E-state index is -0.675. The number of aliphatic imine (C=N–C) groups is 1. The third-order valence-corrected chi connectivity index (χ3v) is 4.10. The molecule has 1 aliphatic rings. The summed E-state index contributed by atoms with van der Waals surface area (Å²) in [6.07, 6.45) is 1.44. The summed E-state index contributed by atoms with van der Waals surface area (Å²) >= 11 is 0. The molecule has 0 spiro atoms.